The first-order valence-corrected chi connectivity index (χ1v) is 14.2. The van der Waals surface area contributed by atoms with Gasteiger partial charge in [-0.3, -0.25) is 9.69 Å². The van der Waals surface area contributed by atoms with Gasteiger partial charge in [0.1, 0.15) is 18.5 Å². The quantitative estimate of drug-likeness (QED) is 0.278. The standard InChI is InChI=1S/C35H39N3O3/c1-6-36-33(40)38-31(34(2,3)4)37(5)32(39)35(38,30-18-12-16-27-15-10-11-17-29(27)30)23-25-19-21-28(22-20-25)41-24-26-13-8-7-9-14-26/h7-22,31H,6,23-24H2,1-5H3,(H,36,40). The van der Waals surface area contributed by atoms with Gasteiger partial charge in [-0.15, -0.1) is 0 Å². The monoisotopic (exact) mass is 549 g/mol. The maximum atomic E-state index is 14.7. The largest absolute Gasteiger partial charge is 0.489 e. The fourth-order valence-corrected chi connectivity index (χ4v) is 6.20. The molecule has 1 N–H and O–H groups in total. The summed E-state index contributed by atoms with van der Waals surface area (Å²) in [6, 6.07) is 31.8. The molecule has 4 aromatic rings. The molecule has 212 valence electrons. The second-order valence-electron chi connectivity index (χ2n) is 11.8. The van der Waals surface area contributed by atoms with E-state index in [0.717, 1.165) is 33.2 Å². The summed E-state index contributed by atoms with van der Waals surface area (Å²) >= 11 is 0. The van der Waals surface area contributed by atoms with Gasteiger partial charge in [-0.2, -0.15) is 0 Å². The maximum absolute atomic E-state index is 14.7. The molecule has 0 bridgehead atoms. The molecule has 1 heterocycles. The minimum absolute atomic E-state index is 0.0931. The van der Waals surface area contributed by atoms with Crippen molar-refractivity contribution in [3.63, 3.8) is 0 Å². The lowest BCUT2D eigenvalue weighted by atomic mass is 9.79. The fourth-order valence-electron chi connectivity index (χ4n) is 6.20. The average Bonchev–Trinajstić information content (AvgIpc) is 3.20. The van der Waals surface area contributed by atoms with Crippen LogP contribution in [0.2, 0.25) is 0 Å². The van der Waals surface area contributed by atoms with Gasteiger partial charge >= 0.3 is 6.03 Å². The van der Waals surface area contributed by atoms with E-state index in [9.17, 15) is 9.59 Å². The summed E-state index contributed by atoms with van der Waals surface area (Å²) in [7, 11) is 1.82. The molecule has 1 saturated heterocycles. The SMILES string of the molecule is CCNC(=O)N1C(C(C)(C)C)N(C)C(=O)C1(Cc1ccc(OCc2ccccc2)cc1)c1cccc2ccccc12. The molecule has 0 radical (unpaired) electrons. The second-order valence-corrected chi connectivity index (χ2v) is 11.8. The first kappa shape index (κ1) is 28.2. The lowest BCUT2D eigenvalue weighted by molar-refractivity contribution is -0.133. The van der Waals surface area contributed by atoms with E-state index < -0.39 is 17.1 Å². The molecule has 3 amide bonds. The molecular weight excluding hydrogens is 510 g/mol. The highest BCUT2D eigenvalue weighted by molar-refractivity contribution is 6.00. The molecule has 5 rings (SSSR count). The van der Waals surface area contributed by atoms with E-state index in [0.29, 0.717) is 19.6 Å². The van der Waals surface area contributed by atoms with Crippen LogP contribution in [0.15, 0.2) is 97.1 Å². The molecule has 1 aliphatic rings. The second kappa shape index (κ2) is 11.3. The van der Waals surface area contributed by atoms with Gasteiger partial charge in [-0.25, -0.2) is 4.79 Å². The molecule has 0 aromatic heterocycles. The van der Waals surface area contributed by atoms with Crippen LogP contribution in [0.5, 0.6) is 5.75 Å². The number of fused-ring (bicyclic) bond motifs is 1. The van der Waals surface area contributed by atoms with Crippen LogP contribution < -0.4 is 10.1 Å². The summed E-state index contributed by atoms with van der Waals surface area (Å²) in [5, 5.41) is 5.01. The first-order valence-electron chi connectivity index (χ1n) is 14.2. The zero-order chi connectivity index (χ0) is 29.2. The Labute approximate surface area is 242 Å². The smallest absolute Gasteiger partial charge is 0.320 e. The summed E-state index contributed by atoms with van der Waals surface area (Å²) in [5.41, 5.74) is 1.22. The third-order valence-electron chi connectivity index (χ3n) is 7.89. The number of rotatable bonds is 7. The Hall–Kier alpha value is -4.32. The number of carbonyl (C=O) groups excluding carboxylic acids is 2. The lowest BCUT2D eigenvalue weighted by Crippen LogP contribution is -2.58. The summed E-state index contributed by atoms with van der Waals surface area (Å²) in [5.74, 6) is 0.657. The Morgan fingerprint density at radius 3 is 2.22 bits per heavy atom. The van der Waals surface area contributed by atoms with Crippen LogP contribution in [0.1, 0.15) is 44.4 Å². The van der Waals surface area contributed by atoms with Crippen molar-refractivity contribution in [3.05, 3.63) is 114 Å². The number of nitrogens with zero attached hydrogens (tertiary/aromatic N) is 2. The Morgan fingerprint density at radius 1 is 0.878 bits per heavy atom. The predicted octanol–water partition coefficient (Wildman–Crippen LogP) is 6.73. The number of urea groups is 1. The Bertz CT molecular complexity index is 1520. The van der Waals surface area contributed by atoms with Gasteiger partial charge in [0, 0.05) is 25.4 Å². The van der Waals surface area contributed by atoms with Crippen LogP contribution >= 0.6 is 0 Å². The summed E-state index contributed by atoms with van der Waals surface area (Å²) in [4.78, 5) is 32.2. The van der Waals surface area contributed by atoms with Crippen molar-refractivity contribution in [2.75, 3.05) is 13.6 Å². The molecule has 0 aliphatic carbocycles. The molecule has 0 spiro atoms. The van der Waals surface area contributed by atoms with Gasteiger partial charge in [-0.05, 0) is 46.5 Å². The van der Waals surface area contributed by atoms with Crippen LogP contribution in [0.3, 0.4) is 0 Å². The van der Waals surface area contributed by atoms with Gasteiger partial charge in [0.15, 0.2) is 5.54 Å². The maximum Gasteiger partial charge on any atom is 0.320 e. The molecule has 0 saturated carbocycles. The van der Waals surface area contributed by atoms with Gasteiger partial charge in [0.25, 0.3) is 5.91 Å². The predicted molar refractivity (Wildman–Crippen MR) is 163 cm³/mol. The molecule has 41 heavy (non-hydrogen) atoms. The van der Waals surface area contributed by atoms with Crippen molar-refractivity contribution in [1.29, 1.82) is 0 Å². The number of benzene rings is 4. The number of hydrogen-bond acceptors (Lipinski definition) is 3. The minimum Gasteiger partial charge on any atom is -0.489 e. The topological polar surface area (TPSA) is 61.9 Å². The van der Waals surface area contributed by atoms with Crippen molar-refractivity contribution in [3.8, 4) is 5.75 Å². The summed E-state index contributed by atoms with van der Waals surface area (Å²) in [6.45, 7) is 9.06. The zero-order valence-electron chi connectivity index (χ0n) is 24.6. The van der Waals surface area contributed by atoms with Gasteiger partial charge in [0.05, 0.1) is 0 Å². The minimum atomic E-state index is -1.25. The van der Waals surface area contributed by atoms with Crippen molar-refractivity contribution in [1.82, 2.24) is 15.1 Å². The van der Waals surface area contributed by atoms with Gasteiger partial charge < -0.3 is 15.0 Å². The van der Waals surface area contributed by atoms with E-state index in [1.54, 1.807) is 9.80 Å². The van der Waals surface area contributed by atoms with Crippen molar-refractivity contribution in [2.45, 2.75) is 52.4 Å². The van der Waals surface area contributed by atoms with E-state index in [1.807, 2.05) is 111 Å². The van der Waals surface area contributed by atoms with Crippen LogP contribution in [-0.2, 0) is 23.4 Å². The highest BCUT2D eigenvalue weighted by atomic mass is 16.5. The Kier molecular flexibility index (Phi) is 7.76. The molecule has 6 heteroatoms. The third-order valence-corrected chi connectivity index (χ3v) is 7.89. The van der Waals surface area contributed by atoms with Crippen LogP contribution in [0, 0.1) is 5.41 Å². The summed E-state index contributed by atoms with van der Waals surface area (Å²) < 4.78 is 6.03. The number of amides is 3. The van der Waals surface area contributed by atoms with E-state index in [1.165, 1.54) is 0 Å². The van der Waals surface area contributed by atoms with Crippen molar-refractivity contribution in [2.24, 2.45) is 5.41 Å². The van der Waals surface area contributed by atoms with E-state index in [4.69, 9.17) is 4.74 Å². The van der Waals surface area contributed by atoms with Gasteiger partial charge in [-0.1, -0.05) is 106 Å². The highest BCUT2D eigenvalue weighted by Gasteiger charge is 2.62. The van der Waals surface area contributed by atoms with Crippen LogP contribution in [0.25, 0.3) is 10.8 Å². The van der Waals surface area contributed by atoms with E-state index in [-0.39, 0.29) is 11.9 Å². The van der Waals surface area contributed by atoms with E-state index >= 15 is 0 Å². The first-order chi connectivity index (χ1) is 19.7. The Balaban J connectivity index is 1.62. The fraction of sp³-hybridized carbons (Fsp3) is 0.314. The molecule has 6 nitrogen and oxygen atoms in total. The molecule has 1 aliphatic heterocycles. The lowest BCUT2D eigenvalue weighted by Gasteiger charge is -2.43. The third kappa shape index (κ3) is 5.26. The molecular formula is C35H39N3O3. The van der Waals surface area contributed by atoms with E-state index in [2.05, 4.69) is 26.1 Å². The highest BCUT2D eigenvalue weighted by Crippen LogP contribution is 2.48. The zero-order valence-corrected chi connectivity index (χ0v) is 24.6. The number of ether oxygens (including phenoxy) is 1. The Morgan fingerprint density at radius 2 is 1.54 bits per heavy atom. The normalized spacial score (nSPS) is 19.0. The number of hydrogen-bond donors (Lipinski definition) is 1. The average molecular weight is 550 g/mol. The molecule has 2 atom stereocenters. The number of likely N-dealkylation sites (N-methyl/N-ethyl adjacent to an activating group) is 1. The summed E-state index contributed by atoms with van der Waals surface area (Å²) in [6.07, 6.45) is -0.124. The van der Waals surface area contributed by atoms with Crippen LogP contribution in [0.4, 0.5) is 4.79 Å². The molecule has 1 fully saturated rings. The molecule has 4 aromatic carbocycles. The van der Waals surface area contributed by atoms with Crippen molar-refractivity contribution < 1.29 is 14.3 Å². The van der Waals surface area contributed by atoms with Crippen molar-refractivity contribution >= 4 is 22.7 Å². The molecule has 2 unspecified atom stereocenters. The van der Waals surface area contributed by atoms with Gasteiger partial charge in [0.2, 0.25) is 0 Å². The number of carbonyl (C=O) groups is 2. The van der Waals surface area contributed by atoms with Crippen LogP contribution in [-0.4, -0.2) is 41.5 Å². The number of nitrogens with one attached hydrogen (secondary N) is 1.